The van der Waals surface area contributed by atoms with Crippen molar-refractivity contribution in [2.75, 3.05) is 0 Å². The van der Waals surface area contributed by atoms with Crippen LogP contribution in [0, 0.1) is 0 Å². The molecule has 4 aromatic rings. The fourth-order valence-corrected chi connectivity index (χ4v) is 2.22. The van der Waals surface area contributed by atoms with Gasteiger partial charge in [-0.25, -0.2) is 0 Å². The topological polar surface area (TPSA) is 64.5 Å². The molecule has 2 aromatic heterocycles. The first-order chi connectivity index (χ1) is 9.92. The number of hydrogen-bond acceptors (Lipinski definition) is 5. The second kappa shape index (κ2) is 4.31. The van der Waals surface area contributed by atoms with Crippen LogP contribution in [0.3, 0.4) is 0 Å². The number of aromatic nitrogens is 5. The van der Waals surface area contributed by atoms with E-state index in [4.69, 9.17) is 0 Å². The van der Waals surface area contributed by atoms with E-state index < -0.39 is 0 Å². The van der Waals surface area contributed by atoms with Crippen LogP contribution in [0.4, 0.5) is 0 Å². The lowest BCUT2D eigenvalue weighted by Gasteiger charge is -2.03. The number of rotatable bonds is 1. The maximum atomic E-state index is 4.25. The van der Waals surface area contributed by atoms with Gasteiger partial charge in [0.15, 0.2) is 0 Å². The van der Waals surface area contributed by atoms with Gasteiger partial charge in [-0.2, -0.15) is 0 Å². The second-order valence-corrected chi connectivity index (χ2v) is 4.44. The molecule has 0 aliphatic carbocycles. The lowest BCUT2D eigenvalue weighted by atomic mass is 10.1. The van der Waals surface area contributed by atoms with E-state index in [1.807, 2.05) is 54.6 Å². The second-order valence-electron chi connectivity index (χ2n) is 4.44. The highest BCUT2D eigenvalue weighted by Crippen LogP contribution is 2.24. The van der Waals surface area contributed by atoms with Crippen molar-refractivity contribution in [2.24, 2.45) is 0 Å². The molecule has 2 aromatic carbocycles. The first-order valence-corrected chi connectivity index (χ1v) is 6.23. The van der Waals surface area contributed by atoms with Crippen molar-refractivity contribution in [2.45, 2.75) is 0 Å². The van der Waals surface area contributed by atoms with E-state index in [9.17, 15) is 0 Å². The Morgan fingerprint density at radius 1 is 0.650 bits per heavy atom. The number of benzene rings is 2. The molecule has 0 unspecified atom stereocenters. The minimum atomic E-state index is 0.703. The maximum Gasteiger partial charge on any atom is 0.124 e. The summed E-state index contributed by atoms with van der Waals surface area (Å²) in [6.45, 7) is 0. The van der Waals surface area contributed by atoms with Crippen LogP contribution in [0.1, 0.15) is 0 Å². The average molecular weight is 259 g/mol. The summed E-state index contributed by atoms with van der Waals surface area (Å²) in [7, 11) is 0. The molecule has 0 atom stereocenters. The van der Waals surface area contributed by atoms with Gasteiger partial charge in [-0.3, -0.25) is 0 Å². The largest absolute Gasteiger partial charge is 0.150 e. The number of fused-ring (bicyclic) bond motifs is 2. The molecule has 5 nitrogen and oxygen atoms in total. The van der Waals surface area contributed by atoms with Gasteiger partial charge in [-0.1, -0.05) is 36.4 Å². The Bertz CT molecular complexity index is 914. The highest BCUT2D eigenvalue weighted by Gasteiger charge is 2.09. The van der Waals surface area contributed by atoms with E-state index in [0.717, 1.165) is 21.8 Å². The van der Waals surface area contributed by atoms with Gasteiger partial charge >= 0.3 is 0 Å². The maximum absolute atomic E-state index is 4.25. The molecule has 94 valence electrons. The minimum Gasteiger partial charge on any atom is -0.150 e. The molecule has 0 saturated heterocycles. The molecule has 20 heavy (non-hydrogen) atoms. The first kappa shape index (κ1) is 10.9. The molecular weight excluding hydrogens is 250 g/mol. The summed E-state index contributed by atoms with van der Waals surface area (Å²) in [6.07, 6.45) is 0. The zero-order valence-electron chi connectivity index (χ0n) is 10.4. The SMILES string of the molecule is c1ccc2nnc(-c3nnnc4ccccc34)cc2c1. The van der Waals surface area contributed by atoms with Crippen molar-refractivity contribution in [3.8, 4) is 11.4 Å². The van der Waals surface area contributed by atoms with E-state index in [1.165, 1.54) is 0 Å². The monoisotopic (exact) mass is 259 g/mol. The Kier molecular flexibility index (Phi) is 2.35. The van der Waals surface area contributed by atoms with Crippen LogP contribution in [0.15, 0.2) is 54.6 Å². The van der Waals surface area contributed by atoms with Gasteiger partial charge in [0.05, 0.1) is 11.0 Å². The molecule has 0 N–H and O–H groups in total. The summed E-state index contributed by atoms with van der Waals surface area (Å²) >= 11 is 0. The van der Waals surface area contributed by atoms with Crippen molar-refractivity contribution >= 4 is 21.8 Å². The van der Waals surface area contributed by atoms with E-state index in [0.29, 0.717) is 11.4 Å². The molecular formula is C15H9N5. The molecule has 0 fully saturated rings. The van der Waals surface area contributed by atoms with E-state index in [-0.39, 0.29) is 0 Å². The van der Waals surface area contributed by atoms with Gasteiger partial charge < -0.3 is 0 Å². The van der Waals surface area contributed by atoms with E-state index >= 15 is 0 Å². The van der Waals surface area contributed by atoms with Gasteiger partial charge in [0.25, 0.3) is 0 Å². The van der Waals surface area contributed by atoms with Crippen molar-refractivity contribution in [3.05, 3.63) is 54.6 Å². The van der Waals surface area contributed by atoms with Gasteiger partial charge in [0, 0.05) is 10.8 Å². The van der Waals surface area contributed by atoms with E-state index in [1.54, 1.807) is 0 Å². The summed E-state index contributed by atoms with van der Waals surface area (Å²) in [5.74, 6) is 0. The summed E-state index contributed by atoms with van der Waals surface area (Å²) < 4.78 is 0. The summed E-state index contributed by atoms with van der Waals surface area (Å²) in [6, 6.07) is 17.6. The normalized spacial score (nSPS) is 11.0. The van der Waals surface area contributed by atoms with Gasteiger partial charge in [-0.15, -0.1) is 20.4 Å². The zero-order chi connectivity index (χ0) is 13.4. The minimum absolute atomic E-state index is 0.703. The fraction of sp³-hybridized carbons (Fsp3) is 0. The van der Waals surface area contributed by atoms with E-state index in [2.05, 4.69) is 25.6 Å². The number of nitrogens with zero attached hydrogens (tertiary/aromatic N) is 5. The summed E-state index contributed by atoms with van der Waals surface area (Å²) in [5.41, 5.74) is 3.07. The van der Waals surface area contributed by atoms with Gasteiger partial charge in [-0.05, 0) is 23.4 Å². The third-order valence-corrected chi connectivity index (χ3v) is 3.19. The molecule has 2 heterocycles. The van der Waals surface area contributed by atoms with Crippen molar-refractivity contribution in [3.63, 3.8) is 0 Å². The van der Waals surface area contributed by atoms with Crippen LogP contribution in [-0.4, -0.2) is 25.6 Å². The quantitative estimate of drug-likeness (QED) is 0.525. The van der Waals surface area contributed by atoms with Crippen molar-refractivity contribution in [1.29, 1.82) is 0 Å². The Labute approximate surface area is 114 Å². The molecule has 0 aliphatic heterocycles. The highest BCUT2D eigenvalue weighted by atomic mass is 15.3. The Morgan fingerprint density at radius 3 is 2.40 bits per heavy atom. The highest BCUT2D eigenvalue weighted by molar-refractivity contribution is 5.92. The Balaban J connectivity index is 2.01. The number of hydrogen-bond donors (Lipinski definition) is 0. The molecule has 5 heteroatoms. The zero-order valence-corrected chi connectivity index (χ0v) is 10.4. The van der Waals surface area contributed by atoms with Crippen LogP contribution < -0.4 is 0 Å². The van der Waals surface area contributed by atoms with Crippen molar-refractivity contribution < 1.29 is 0 Å². The van der Waals surface area contributed by atoms with Crippen LogP contribution in [-0.2, 0) is 0 Å². The Morgan fingerprint density at radius 2 is 1.45 bits per heavy atom. The molecule has 0 amide bonds. The standard InChI is InChI=1S/C15H9N5/c1-3-7-12-10(5-1)9-14(17-16-12)15-11-6-2-4-8-13(11)18-20-19-15/h1-9H. The molecule has 0 saturated carbocycles. The first-order valence-electron chi connectivity index (χ1n) is 6.23. The van der Waals surface area contributed by atoms with Gasteiger partial charge in [0.1, 0.15) is 11.4 Å². The fourth-order valence-electron chi connectivity index (χ4n) is 2.22. The summed E-state index contributed by atoms with van der Waals surface area (Å²) in [4.78, 5) is 0. The molecule has 0 aliphatic rings. The predicted molar refractivity (Wildman–Crippen MR) is 75.9 cm³/mol. The smallest absolute Gasteiger partial charge is 0.124 e. The van der Waals surface area contributed by atoms with Gasteiger partial charge in [0.2, 0.25) is 0 Å². The van der Waals surface area contributed by atoms with Crippen LogP contribution in [0.25, 0.3) is 33.2 Å². The molecule has 4 rings (SSSR count). The Hall–Kier alpha value is -2.95. The van der Waals surface area contributed by atoms with Crippen LogP contribution in [0.5, 0.6) is 0 Å². The third-order valence-electron chi connectivity index (χ3n) is 3.19. The average Bonchev–Trinajstić information content (AvgIpc) is 2.54. The lowest BCUT2D eigenvalue weighted by Crippen LogP contribution is -1.96. The molecule has 0 bridgehead atoms. The van der Waals surface area contributed by atoms with Crippen LogP contribution >= 0.6 is 0 Å². The van der Waals surface area contributed by atoms with Crippen LogP contribution in [0.2, 0.25) is 0 Å². The molecule has 0 spiro atoms. The third kappa shape index (κ3) is 1.68. The predicted octanol–water partition coefficient (Wildman–Crippen LogP) is 2.64. The van der Waals surface area contributed by atoms with Crippen molar-refractivity contribution in [1.82, 2.24) is 25.6 Å². The summed E-state index contributed by atoms with van der Waals surface area (Å²) in [5, 5.41) is 22.4. The molecule has 0 radical (unpaired) electrons. The lowest BCUT2D eigenvalue weighted by molar-refractivity contribution is 0.894.